The third-order valence-electron chi connectivity index (χ3n) is 6.73. The molecule has 0 amide bonds. The Morgan fingerprint density at radius 1 is 1.09 bits per heavy atom. The van der Waals surface area contributed by atoms with Gasteiger partial charge in [0.1, 0.15) is 11.6 Å². The molecule has 5 nitrogen and oxygen atoms in total. The van der Waals surface area contributed by atoms with Crippen LogP contribution in [0.25, 0.3) is 0 Å². The van der Waals surface area contributed by atoms with Crippen LogP contribution in [0.5, 0.6) is 0 Å². The second kappa shape index (κ2) is 10.9. The number of anilines is 3. The predicted molar refractivity (Wildman–Crippen MR) is 129 cm³/mol. The third-order valence-corrected chi connectivity index (χ3v) is 6.73. The first-order valence-electron chi connectivity index (χ1n) is 11.8. The van der Waals surface area contributed by atoms with Crippen molar-refractivity contribution in [1.82, 2.24) is 0 Å². The van der Waals surface area contributed by atoms with Crippen LogP contribution >= 0.6 is 0 Å². The molecule has 1 aliphatic rings. The summed E-state index contributed by atoms with van der Waals surface area (Å²) in [7, 11) is 0. The van der Waals surface area contributed by atoms with Gasteiger partial charge >= 0.3 is 5.97 Å². The minimum absolute atomic E-state index is 0.0496. The summed E-state index contributed by atoms with van der Waals surface area (Å²) in [6.07, 6.45) is 6.53. The molecule has 0 saturated heterocycles. The zero-order valence-electron chi connectivity index (χ0n) is 19.5. The maximum absolute atomic E-state index is 14.3. The minimum Gasteiger partial charge on any atom is -0.481 e. The first-order chi connectivity index (χ1) is 15.7. The van der Waals surface area contributed by atoms with Gasteiger partial charge in [-0.2, -0.15) is 0 Å². The highest BCUT2D eigenvalue weighted by Crippen LogP contribution is 2.35. The fourth-order valence-electron chi connectivity index (χ4n) is 4.99. The largest absolute Gasteiger partial charge is 0.481 e. The van der Waals surface area contributed by atoms with E-state index in [1.807, 2.05) is 26.0 Å². The highest BCUT2D eigenvalue weighted by Gasteiger charge is 2.26. The molecule has 7 heteroatoms. The summed E-state index contributed by atoms with van der Waals surface area (Å²) >= 11 is 0. The zero-order valence-corrected chi connectivity index (χ0v) is 19.5. The topological polar surface area (TPSA) is 92.6 Å². The standard InChI is InChI=1S/C26H35F2N3O2/c1-3-20(26(32)33)17-9-10-25(24(30)12-17)31(19-7-5-4-6-8-19)15-16(2)11-18-13-23(29)22(28)14-21(18)27/h9-10,12-14,16,19-20H,3-8,11,15,29-30H2,1-2H3,(H,32,33). The first kappa shape index (κ1) is 24.8. The number of benzene rings is 2. The Balaban J connectivity index is 1.86. The van der Waals surface area contributed by atoms with E-state index in [-0.39, 0.29) is 11.6 Å². The summed E-state index contributed by atoms with van der Waals surface area (Å²) in [5.74, 6) is -2.71. The number of halogens is 2. The van der Waals surface area contributed by atoms with Crippen LogP contribution in [-0.2, 0) is 11.2 Å². The van der Waals surface area contributed by atoms with Crippen molar-refractivity contribution in [1.29, 1.82) is 0 Å². The Morgan fingerprint density at radius 3 is 2.39 bits per heavy atom. The van der Waals surface area contributed by atoms with E-state index in [0.29, 0.717) is 42.2 Å². The minimum atomic E-state index is -0.858. The molecule has 1 aliphatic carbocycles. The number of hydrogen-bond donors (Lipinski definition) is 3. The number of nitrogens with zero attached hydrogens (tertiary/aromatic N) is 1. The Labute approximate surface area is 194 Å². The van der Waals surface area contributed by atoms with Gasteiger partial charge in [-0.1, -0.05) is 39.2 Å². The van der Waals surface area contributed by atoms with Gasteiger partial charge in [0.25, 0.3) is 0 Å². The van der Waals surface area contributed by atoms with Crippen molar-refractivity contribution in [3.8, 4) is 0 Å². The second-order valence-corrected chi connectivity index (χ2v) is 9.34. The van der Waals surface area contributed by atoms with Crippen LogP contribution in [0.4, 0.5) is 25.8 Å². The summed E-state index contributed by atoms with van der Waals surface area (Å²) in [6.45, 7) is 4.54. The van der Waals surface area contributed by atoms with E-state index in [2.05, 4.69) is 4.90 Å². The third kappa shape index (κ3) is 5.95. The molecule has 3 rings (SSSR count). The van der Waals surface area contributed by atoms with E-state index >= 15 is 0 Å². The highest BCUT2D eigenvalue weighted by molar-refractivity contribution is 5.78. The molecule has 5 N–H and O–H groups in total. The van der Waals surface area contributed by atoms with E-state index < -0.39 is 23.5 Å². The molecule has 180 valence electrons. The van der Waals surface area contributed by atoms with Gasteiger partial charge < -0.3 is 21.5 Å². The summed E-state index contributed by atoms with van der Waals surface area (Å²) in [4.78, 5) is 13.9. The molecule has 2 unspecified atom stereocenters. The van der Waals surface area contributed by atoms with Crippen molar-refractivity contribution < 1.29 is 18.7 Å². The van der Waals surface area contributed by atoms with Crippen LogP contribution in [0.2, 0.25) is 0 Å². The van der Waals surface area contributed by atoms with Gasteiger partial charge in [0.2, 0.25) is 0 Å². The lowest BCUT2D eigenvalue weighted by atomic mass is 9.91. The Bertz CT molecular complexity index is 976. The van der Waals surface area contributed by atoms with Crippen molar-refractivity contribution in [3.63, 3.8) is 0 Å². The monoisotopic (exact) mass is 459 g/mol. The Morgan fingerprint density at radius 2 is 1.79 bits per heavy atom. The van der Waals surface area contributed by atoms with E-state index in [1.165, 1.54) is 12.5 Å². The smallest absolute Gasteiger partial charge is 0.310 e. The molecule has 1 fully saturated rings. The molecule has 2 aromatic carbocycles. The van der Waals surface area contributed by atoms with Crippen molar-refractivity contribution >= 4 is 23.0 Å². The van der Waals surface area contributed by atoms with E-state index in [4.69, 9.17) is 11.5 Å². The van der Waals surface area contributed by atoms with Crippen molar-refractivity contribution in [2.75, 3.05) is 22.9 Å². The van der Waals surface area contributed by atoms with E-state index in [9.17, 15) is 18.7 Å². The highest BCUT2D eigenvalue weighted by atomic mass is 19.1. The average molecular weight is 460 g/mol. The van der Waals surface area contributed by atoms with Crippen molar-refractivity contribution in [3.05, 3.63) is 53.1 Å². The van der Waals surface area contributed by atoms with Crippen LogP contribution < -0.4 is 16.4 Å². The first-order valence-corrected chi connectivity index (χ1v) is 11.8. The van der Waals surface area contributed by atoms with E-state index in [0.717, 1.165) is 37.4 Å². The molecule has 0 spiro atoms. The van der Waals surface area contributed by atoms with Gasteiger partial charge in [-0.25, -0.2) is 8.78 Å². The maximum atomic E-state index is 14.3. The number of carboxylic acid groups (broad SMARTS) is 1. The number of rotatable bonds is 9. The van der Waals surface area contributed by atoms with Crippen LogP contribution in [0.15, 0.2) is 30.3 Å². The number of nitrogens with two attached hydrogens (primary N) is 2. The van der Waals surface area contributed by atoms with Crippen LogP contribution in [0, 0.1) is 17.6 Å². The van der Waals surface area contributed by atoms with Crippen molar-refractivity contribution in [2.24, 2.45) is 5.92 Å². The van der Waals surface area contributed by atoms with E-state index in [1.54, 1.807) is 6.07 Å². The van der Waals surface area contributed by atoms with Crippen LogP contribution in [0.3, 0.4) is 0 Å². The fraction of sp³-hybridized carbons (Fsp3) is 0.500. The lowest BCUT2D eigenvalue weighted by Crippen LogP contribution is -2.40. The van der Waals surface area contributed by atoms with Crippen molar-refractivity contribution in [2.45, 2.75) is 70.8 Å². The van der Waals surface area contributed by atoms with Crippen LogP contribution in [0.1, 0.15) is 69.4 Å². The van der Waals surface area contributed by atoms with Gasteiger partial charge in [0.05, 0.1) is 23.0 Å². The molecule has 0 bridgehead atoms. The van der Waals surface area contributed by atoms with Gasteiger partial charge in [-0.3, -0.25) is 4.79 Å². The number of carbonyl (C=O) groups is 1. The molecule has 0 aromatic heterocycles. The molecule has 0 radical (unpaired) electrons. The predicted octanol–water partition coefficient (Wildman–Crippen LogP) is 5.73. The molecular formula is C26H35F2N3O2. The summed E-state index contributed by atoms with van der Waals surface area (Å²) < 4.78 is 27.9. The normalized spacial score (nSPS) is 16.4. The fourth-order valence-corrected chi connectivity index (χ4v) is 4.99. The van der Waals surface area contributed by atoms with Gasteiger partial charge in [0.15, 0.2) is 0 Å². The summed E-state index contributed by atoms with van der Waals surface area (Å²) in [6, 6.07) is 8.10. The summed E-state index contributed by atoms with van der Waals surface area (Å²) in [5, 5.41) is 9.50. The molecule has 0 aliphatic heterocycles. The Kier molecular flexibility index (Phi) is 8.16. The zero-order chi connectivity index (χ0) is 24.1. The quantitative estimate of drug-likeness (QED) is 0.417. The maximum Gasteiger partial charge on any atom is 0.310 e. The molecule has 1 saturated carbocycles. The number of carboxylic acids is 1. The SMILES string of the molecule is CCC(C(=O)O)c1ccc(N(CC(C)Cc2cc(N)c(F)cc2F)C2CCCCC2)c(N)c1. The van der Waals surface area contributed by atoms with Gasteiger partial charge in [0, 0.05) is 18.7 Å². The second-order valence-electron chi connectivity index (χ2n) is 9.34. The van der Waals surface area contributed by atoms with Gasteiger partial charge in [-0.05, 0) is 60.9 Å². The van der Waals surface area contributed by atoms with Crippen LogP contribution in [-0.4, -0.2) is 23.7 Å². The van der Waals surface area contributed by atoms with Gasteiger partial charge in [-0.15, -0.1) is 0 Å². The molecule has 33 heavy (non-hydrogen) atoms. The number of aliphatic carboxylic acids is 1. The molecule has 2 atom stereocenters. The molecule has 0 heterocycles. The molecule has 2 aromatic rings. The lowest BCUT2D eigenvalue weighted by Gasteiger charge is -2.38. The number of hydrogen-bond acceptors (Lipinski definition) is 4. The summed E-state index contributed by atoms with van der Waals surface area (Å²) in [5.41, 5.74) is 14.6. The Hall–Kier alpha value is -2.83. The average Bonchev–Trinajstić information content (AvgIpc) is 2.77. The lowest BCUT2D eigenvalue weighted by molar-refractivity contribution is -0.138. The molecular weight excluding hydrogens is 424 g/mol. The number of nitrogen functional groups attached to an aromatic ring is 2.